The van der Waals surface area contributed by atoms with E-state index in [1.807, 2.05) is 54.7 Å². The summed E-state index contributed by atoms with van der Waals surface area (Å²) in [6, 6.07) is 24.2. The Labute approximate surface area is 207 Å². The molecule has 0 spiro atoms. The molecule has 2 aromatic heterocycles. The lowest BCUT2D eigenvalue weighted by Crippen LogP contribution is -2.46. The summed E-state index contributed by atoms with van der Waals surface area (Å²) in [5.74, 6) is 0.179. The molecule has 0 unspecified atom stereocenters. The lowest BCUT2D eigenvalue weighted by atomic mass is 10.0. The van der Waals surface area contributed by atoms with Crippen molar-refractivity contribution in [1.29, 1.82) is 0 Å². The van der Waals surface area contributed by atoms with E-state index in [9.17, 15) is 9.59 Å². The second-order valence-corrected chi connectivity index (χ2v) is 9.83. The second-order valence-electron chi connectivity index (χ2n) is 8.75. The van der Waals surface area contributed by atoms with Crippen LogP contribution in [0.4, 0.5) is 10.7 Å². The molecule has 176 valence electrons. The number of imide groups is 1. The third-order valence-corrected chi connectivity index (χ3v) is 7.23. The molecule has 0 atom stereocenters. The fourth-order valence-electron chi connectivity index (χ4n) is 4.06. The number of amides is 3. The number of thiophene rings is 1. The van der Waals surface area contributed by atoms with E-state index in [0.29, 0.717) is 19.0 Å². The van der Waals surface area contributed by atoms with Crippen LogP contribution in [-0.4, -0.2) is 45.4 Å². The minimum atomic E-state index is -0.882. The van der Waals surface area contributed by atoms with Crippen LogP contribution in [0.15, 0.2) is 79.0 Å². The normalized spacial score (nSPS) is 14.7. The number of carbonyl (C=O) groups excluding carboxylic acids is 2. The number of hydrogen-bond donors (Lipinski definition) is 2. The first kappa shape index (κ1) is 22.7. The van der Waals surface area contributed by atoms with Gasteiger partial charge in [-0.2, -0.15) is 0 Å². The van der Waals surface area contributed by atoms with Crippen LogP contribution < -0.4 is 10.6 Å². The van der Waals surface area contributed by atoms with Gasteiger partial charge in [-0.1, -0.05) is 60.7 Å². The average Bonchev–Trinajstić information content (AvgIpc) is 3.44. The molecule has 5 rings (SSSR count). The number of nitrogens with zero attached hydrogens (tertiary/aromatic N) is 3. The first-order valence-electron chi connectivity index (χ1n) is 11.4. The van der Waals surface area contributed by atoms with E-state index < -0.39 is 5.54 Å². The Morgan fingerprint density at radius 2 is 1.57 bits per heavy atom. The third-order valence-electron chi connectivity index (χ3n) is 6.09. The molecule has 1 aliphatic heterocycles. The Morgan fingerprint density at radius 1 is 0.914 bits per heavy atom. The zero-order chi connectivity index (χ0) is 24.4. The van der Waals surface area contributed by atoms with Crippen molar-refractivity contribution in [1.82, 2.24) is 20.2 Å². The molecule has 2 N–H and O–H groups in total. The van der Waals surface area contributed by atoms with E-state index in [1.165, 1.54) is 15.3 Å². The molecule has 1 saturated heterocycles. The summed E-state index contributed by atoms with van der Waals surface area (Å²) in [5.41, 5.74) is 3.11. The fourth-order valence-corrected chi connectivity index (χ4v) is 5.08. The van der Waals surface area contributed by atoms with Gasteiger partial charge in [0.1, 0.15) is 5.54 Å². The fraction of sp³-hybridized carbons (Fsp3) is 0.185. The molecule has 7 nitrogen and oxygen atoms in total. The molecule has 4 aromatic rings. The van der Waals surface area contributed by atoms with Crippen molar-refractivity contribution in [3.05, 3.63) is 79.0 Å². The van der Waals surface area contributed by atoms with Crippen molar-refractivity contribution in [2.45, 2.75) is 19.4 Å². The Morgan fingerprint density at radius 3 is 2.23 bits per heavy atom. The number of rotatable bonds is 7. The van der Waals surface area contributed by atoms with Gasteiger partial charge in [-0.05, 0) is 37.1 Å². The van der Waals surface area contributed by atoms with Gasteiger partial charge < -0.3 is 10.2 Å². The maximum Gasteiger partial charge on any atom is 0.325 e. The van der Waals surface area contributed by atoms with Gasteiger partial charge in [-0.25, -0.2) is 14.8 Å². The summed E-state index contributed by atoms with van der Waals surface area (Å²) in [6.45, 7) is 4.23. The monoisotopic (exact) mass is 483 g/mol. The first-order chi connectivity index (χ1) is 16.9. The predicted octanol–water partition coefficient (Wildman–Crippen LogP) is 5.28. The number of aromatic nitrogens is 2. The van der Waals surface area contributed by atoms with Gasteiger partial charge in [0.05, 0.1) is 10.6 Å². The largest absolute Gasteiger partial charge is 0.352 e. The van der Waals surface area contributed by atoms with Crippen molar-refractivity contribution in [2.75, 3.05) is 18.4 Å². The highest BCUT2D eigenvalue weighted by Gasteiger charge is 2.45. The highest BCUT2D eigenvalue weighted by Crippen LogP contribution is 2.38. The van der Waals surface area contributed by atoms with E-state index in [4.69, 9.17) is 4.98 Å². The molecule has 1 fully saturated rings. The van der Waals surface area contributed by atoms with E-state index in [-0.39, 0.29) is 11.9 Å². The summed E-state index contributed by atoms with van der Waals surface area (Å²) in [6.07, 6.45) is 1.83. The SMILES string of the molecule is CC1(C)C(=O)NC(=O)N1CCNc1ncc(-c2ccccc2)c(-c2ccc(-c3ccccc3)s2)n1. The van der Waals surface area contributed by atoms with Crippen molar-refractivity contribution >= 4 is 29.2 Å². The van der Waals surface area contributed by atoms with Gasteiger partial charge in [-0.15, -0.1) is 11.3 Å². The summed E-state index contributed by atoms with van der Waals surface area (Å²) < 4.78 is 0. The van der Waals surface area contributed by atoms with Gasteiger partial charge in [0.2, 0.25) is 5.95 Å². The molecule has 0 bridgehead atoms. The Bertz CT molecular complexity index is 1370. The number of hydrogen-bond acceptors (Lipinski definition) is 6. The van der Waals surface area contributed by atoms with Gasteiger partial charge in [0.15, 0.2) is 0 Å². The molecular weight excluding hydrogens is 458 g/mol. The quantitative estimate of drug-likeness (QED) is 0.349. The van der Waals surface area contributed by atoms with Crippen LogP contribution >= 0.6 is 11.3 Å². The molecule has 2 aromatic carbocycles. The Balaban J connectivity index is 1.42. The number of carbonyl (C=O) groups is 2. The second kappa shape index (κ2) is 9.31. The average molecular weight is 484 g/mol. The maximum absolute atomic E-state index is 12.1. The molecule has 8 heteroatoms. The van der Waals surface area contributed by atoms with Crippen LogP contribution in [-0.2, 0) is 4.79 Å². The Hall–Kier alpha value is -4.04. The minimum Gasteiger partial charge on any atom is -0.352 e. The van der Waals surface area contributed by atoms with Crippen molar-refractivity contribution in [2.24, 2.45) is 0 Å². The van der Waals surface area contributed by atoms with E-state index in [0.717, 1.165) is 21.7 Å². The summed E-state index contributed by atoms with van der Waals surface area (Å²) >= 11 is 1.68. The van der Waals surface area contributed by atoms with Gasteiger partial charge in [-0.3, -0.25) is 10.1 Å². The van der Waals surface area contributed by atoms with Crippen LogP contribution in [0.3, 0.4) is 0 Å². The molecule has 3 amide bonds. The molecule has 35 heavy (non-hydrogen) atoms. The van der Waals surface area contributed by atoms with Crippen LogP contribution in [0, 0.1) is 0 Å². The van der Waals surface area contributed by atoms with Gasteiger partial charge in [0, 0.05) is 29.7 Å². The van der Waals surface area contributed by atoms with Crippen LogP contribution in [0.5, 0.6) is 0 Å². The third kappa shape index (κ3) is 4.52. The summed E-state index contributed by atoms with van der Waals surface area (Å²) in [4.78, 5) is 37.3. The first-order valence-corrected chi connectivity index (χ1v) is 12.2. The van der Waals surface area contributed by atoms with E-state index in [1.54, 1.807) is 25.2 Å². The molecule has 1 aliphatic rings. The molecular formula is C27H25N5O2S. The zero-order valence-corrected chi connectivity index (χ0v) is 20.3. The number of anilines is 1. The molecule has 3 heterocycles. The molecule has 0 saturated carbocycles. The van der Waals surface area contributed by atoms with Crippen molar-refractivity contribution in [3.8, 4) is 32.1 Å². The summed E-state index contributed by atoms with van der Waals surface area (Å²) in [5, 5.41) is 5.59. The van der Waals surface area contributed by atoms with Crippen molar-refractivity contribution in [3.63, 3.8) is 0 Å². The van der Waals surface area contributed by atoms with Crippen LogP contribution in [0.1, 0.15) is 13.8 Å². The molecule has 0 aliphatic carbocycles. The smallest absolute Gasteiger partial charge is 0.325 e. The van der Waals surface area contributed by atoms with Crippen LogP contribution in [0.25, 0.3) is 32.1 Å². The Kier molecular flexibility index (Phi) is 6.05. The highest BCUT2D eigenvalue weighted by molar-refractivity contribution is 7.18. The van der Waals surface area contributed by atoms with Gasteiger partial charge in [0.25, 0.3) is 5.91 Å². The van der Waals surface area contributed by atoms with E-state index >= 15 is 0 Å². The lowest BCUT2D eigenvalue weighted by Gasteiger charge is -2.27. The topological polar surface area (TPSA) is 87.2 Å². The maximum atomic E-state index is 12.1. The number of benzene rings is 2. The zero-order valence-electron chi connectivity index (χ0n) is 19.5. The standard InChI is InChI=1S/C27H25N5O2S/c1-27(2)24(33)31-26(34)32(27)16-15-28-25-29-17-20(18-9-5-3-6-10-18)23(30-25)22-14-13-21(35-22)19-11-7-4-8-12-19/h3-14,17H,15-16H2,1-2H3,(H,28,29,30)(H,31,33,34). The lowest BCUT2D eigenvalue weighted by molar-refractivity contribution is -0.125. The number of urea groups is 1. The summed E-state index contributed by atoms with van der Waals surface area (Å²) in [7, 11) is 0. The number of nitrogens with one attached hydrogen (secondary N) is 2. The minimum absolute atomic E-state index is 0.292. The van der Waals surface area contributed by atoms with Crippen molar-refractivity contribution < 1.29 is 9.59 Å². The predicted molar refractivity (Wildman–Crippen MR) is 139 cm³/mol. The van der Waals surface area contributed by atoms with Gasteiger partial charge >= 0.3 is 6.03 Å². The van der Waals surface area contributed by atoms with E-state index in [2.05, 4.69) is 39.9 Å². The molecule has 0 radical (unpaired) electrons. The van der Waals surface area contributed by atoms with Crippen LogP contribution in [0.2, 0.25) is 0 Å². The highest BCUT2D eigenvalue weighted by atomic mass is 32.1.